The van der Waals surface area contributed by atoms with Crippen LogP contribution < -0.4 is 4.72 Å². The van der Waals surface area contributed by atoms with Crippen molar-refractivity contribution in [3.63, 3.8) is 0 Å². The number of hydrogen-bond donors (Lipinski definition) is 3. The van der Waals surface area contributed by atoms with Gasteiger partial charge in [-0.25, -0.2) is 13.1 Å². The number of likely N-dealkylation sites (tertiary alicyclic amines) is 1. The molecule has 2 saturated heterocycles. The molecule has 7 nitrogen and oxygen atoms in total. The van der Waals surface area contributed by atoms with Crippen molar-refractivity contribution in [3.05, 3.63) is 29.8 Å². The molecule has 3 rings (SSSR count). The summed E-state index contributed by atoms with van der Waals surface area (Å²) in [5, 5.41) is 19.9. The first kappa shape index (κ1) is 18.8. The summed E-state index contributed by atoms with van der Waals surface area (Å²) >= 11 is 0. The molecule has 2 heterocycles. The number of aliphatic hydroxyl groups is 2. The molecule has 2 fully saturated rings. The molecular weight excluding hydrogens is 344 g/mol. The molecule has 0 spiro atoms. The summed E-state index contributed by atoms with van der Waals surface area (Å²) < 4.78 is 33.2. The number of hydrogen-bond acceptors (Lipinski definition) is 6. The minimum absolute atomic E-state index is 0.0605. The molecule has 2 aliphatic rings. The van der Waals surface area contributed by atoms with Crippen LogP contribution in [-0.4, -0.2) is 74.1 Å². The molecule has 1 aromatic carbocycles. The van der Waals surface area contributed by atoms with Crippen molar-refractivity contribution in [2.75, 3.05) is 26.2 Å². The predicted molar refractivity (Wildman–Crippen MR) is 92.7 cm³/mol. The van der Waals surface area contributed by atoms with Crippen molar-refractivity contribution in [1.29, 1.82) is 0 Å². The molecule has 0 aromatic heterocycles. The Labute approximate surface area is 148 Å². The monoisotopic (exact) mass is 370 g/mol. The molecule has 8 heteroatoms. The summed E-state index contributed by atoms with van der Waals surface area (Å²) in [7, 11) is -3.65. The highest BCUT2D eigenvalue weighted by Gasteiger charge is 2.46. The highest BCUT2D eigenvalue weighted by Crippen LogP contribution is 2.28. The average molecular weight is 370 g/mol. The molecule has 4 atom stereocenters. The molecule has 1 aromatic rings. The minimum atomic E-state index is -3.65. The van der Waals surface area contributed by atoms with Gasteiger partial charge in [-0.15, -0.1) is 0 Å². The van der Waals surface area contributed by atoms with Gasteiger partial charge < -0.3 is 14.9 Å². The summed E-state index contributed by atoms with van der Waals surface area (Å²) in [5.41, 5.74) is 0.987. The standard InChI is InChI=1S/C17H26N2O5S/c1-12-4-6-13(7-5-12)25(22,23)18-10-14-16(19-8-2-3-9-19)17(21)15(11-20)24-14/h4-7,14-18,20-21H,2-3,8-11H2,1H3. The third kappa shape index (κ3) is 4.05. The highest BCUT2D eigenvalue weighted by atomic mass is 32.2. The molecule has 0 radical (unpaired) electrons. The fourth-order valence-electron chi connectivity index (χ4n) is 3.63. The molecule has 0 saturated carbocycles. The van der Waals surface area contributed by atoms with Gasteiger partial charge in [-0.2, -0.15) is 0 Å². The summed E-state index contributed by atoms with van der Waals surface area (Å²) in [4.78, 5) is 2.33. The third-order valence-corrected chi connectivity index (χ3v) is 6.45. The predicted octanol–water partition coefficient (Wildman–Crippen LogP) is -0.142. The van der Waals surface area contributed by atoms with E-state index in [0.717, 1.165) is 31.5 Å². The van der Waals surface area contributed by atoms with Crippen LogP contribution in [0, 0.1) is 6.92 Å². The van der Waals surface area contributed by atoms with Crippen LogP contribution in [0.3, 0.4) is 0 Å². The van der Waals surface area contributed by atoms with Gasteiger partial charge in [0, 0.05) is 6.54 Å². The number of benzene rings is 1. The van der Waals surface area contributed by atoms with Crippen molar-refractivity contribution in [3.8, 4) is 0 Å². The number of ether oxygens (including phenoxy) is 1. The largest absolute Gasteiger partial charge is 0.394 e. The molecule has 0 aliphatic carbocycles. The lowest BCUT2D eigenvalue weighted by molar-refractivity contribution is -0.0201. The third-order valence-electron chi connectivity index (χ3n) is 5.01. The van der Waals surface area contributed by atoms with Crippen LogP contribution in [0.15, 0.2) is 29.2 Å². The fraction of sp³-hybridized carbons (Fsp3) is 0.647. The van der Waals surface area contributed by atoms with E-state index in [-0.39, 0.29) is 24.1 Å². The first-order chi connectivity index (χ1) is 11.9. The van der Waals surface area contributed by atoms with Gasteiger partial charge in [0.25, 0.3) is 0 Å². The number of rotatable bonds is 6. The van der Waals surface area contributed by atoms with E-state index in [1.807, 2.05) is 6.92 Å². The van der Waals surface area contributed by atoms with Gasteiger partial charge in [0.1, 0.15) is 12.2 Å². The Bertz CT molecular complexity index is 673. The quantitative estimate of drug-likeness (QED) is 0.645. The second-order valence-electron chi connectivity index (χ2n) is 6.78. The Balaban J connectivity index is 1.70. The number of nitrogens with zero attached hydrogens (tertiary/aromatic N) is 1. The molecule has 25 heavy (non-hydrogen) atoms. The molecule has 4 unspecified atom stereocenters. The van der Waals surface area contributed by atoms with Crippen molar-refractivity contribution < 1.29 is 23.4 Å². The van der Waals surface area contributed by atoms with Gasteiger partial charge in [0.05, 0.1) is 23.6 Å². The zero-order valence-corrected chi connectivity index (χ0v) is 15.2. The van der Waals surface area contributed by atoms with Crippen LogP contribution in [0.2, 0.25) is 0 Å². The van der Waals surface area contributed by atoms with Gasteiger partial charge in [0.2, 0.25) is 10.0 Å². The van der Waals surface area contributed by atoms with Crippen LogP contribution >= 0.6 is 0 Å². The first-order valence-corrected chi connectivity index (χ1v) is 10.2. The maximum absolute atomic E-state index is 12.5. The molecule has 2 aliphatic heterocycles. The second-order valence-corrected chi connectivity index (χ2v) is 8.55. The Kier molecular flexibility index (Phi) is 5.77. The van der Waals surface area contributed by atoms with E-state index in [4.69, 9.17) is 4.74 Å². The number of sulfonamides is 1. The summed E-state index contributed by atoms with van der Waals surface area (Å²) in [6.07, 6.45) is 0.103. The fourth-order valence-corrected chi connectivity index (χ4v) is 4.67. The minimum Gasteiger partial charge on any atom is -0.394 e. The Morgan fingerprint density at radius 2 is 1.84 bits per heavy atom. The maximum Gasteiger partial charge on any atom is 0.240 e. The molecular formula is C17H26N2O5S. The van der Waals surface area contributed by atoms with Crippen molar-refractivity contribution >= 4 is 10.0 Å². The van der Waals surface area contributed by atoms with Gasteiger partial charge in [-0.05, 0) is 45.0 Å². The van der Waals surface area contributed by atoms with Crippen molar-refractivity contribution in [2.24, 2.45) is 0 Å². The van der Waals surface area contributed by atoms with Crippen LogP contribution in [0.4, 0.5) is 0 Å². The summed E-state index contributed by atoms with van der Waals surface area (Å²) in [5.74, 6) is 0. The normalized spacial score (nSPS) is 30.8. The van der Waals surface area contributed by atoms with E-state index >= 15 is 0 Å². The number of aliphatic hydroxyl groups excluding tert-OH is 2. The van der Waals surface area contributed by atoms with Crippen LogP contribution in [0.25, 0.3) is 0 Å². The molecule has 0 bridgehead atoms. The molecule has 0 amide bonds. The number of aryl methyl sites for hydroxylation is 1. The van der Waals surface area contributed by atoms with E-state index in [0.29, 0.717) is 0 Å². The van der Waals surface area contributed by atoms with Gasteiger partial charge >= 0.3 is 0 Å². The molecule has 3 N–H and O–H groups in total. The Hall–Kier alpha value is -1.03. The smallest absolute Gasteiger partial charge is 0.240 e. The van der Waals surface area contributed by atoms with E-state index < -0.39 is 28.3 Å². The lowest BCUT2D eigenvalue weighted by Crippen LogP contribution is -2.50. The second kappa shape index (κ2) is 7.69. The lowest BCUT2D eigenvalue weighted by Gasteiger charge is -2.30. The van der Waals surface area contributed by atoms with Crippen molar-refractivity contribution in [2.45, 2.75) is 49.0 Å². The van der Waals surface area contributed by atoms with Crippen molar-refractivity contribution in [1.82, 2.24) is 9.62 Å². The SMILES string of the molecule is Cc1ccc(S(=O)(=O)NCC2OC(CO)C(O)C2N2CCCC2)cc1. The van der Waals surface area contributed by atoms with Crippen LogP contribution in [-0.2, 0) is 14.8 Å². The van der Waals surface area contributed by atoms with Gasteiger partial charge in [-0.3, -0.25) is 4.90 Å². The van der Waals surface area contributed by atoms with Gasteiger partial charge in [0.15, 0.2) is 0 Å². The van der Waals surface area contributed by atoms with Gasteiger partial charge in [-0.1, -0.05) is 17.7 Å². The maximum atomic E-state index is 12.5. The average Bonchev–Trinajstić information content (AvgIpc) is 3.21. The van der Waals surface area contributed by atoms with Crippen LogP contribution in [0.5, 0.6) is 0 Å². The zero-order chi connectivity index (χ0) is 18.0. The number of nitrogens with one attached hydrogen (secondary N) is 1. The van der Waals surface area contributed by atoms with Crippen LogP contribution in [0.1, 0.15) is 18.4 Å². The van der Waals surface area contributed by atoms with E-state index in [1.54, 1.807) is 24.3 Å². The molecule has 140 valence electrons. The Morgan fingerprint density at radius 1 is 1.20 bits per heavy atom. The van der Waals surface area contributed by atoms with E-state index in [2.05, 4.69) is 9.62 Å². The zero-order valence-electron chi connectivity index (χ0n) is 14.3. The van der Waals surface area contributed by atoms with E-state index in [1.165, 1.54) is 0 Å². The lowest BCUT2D eigenvalue weighted by atomic mass is 10.0. The first-order valence-electron chi connectivity index (χ1n) is 8.67. The topological polar surface area (TPSA) is 99.1 Å². The summed E-state index contributed by atoms with van der Waals surface area (Å²) in [6.45, 7) is 3.37. The Morgan fingerprint density at radius 3 is 2.44 bits per heavy atom. The van der Waals surface area contributed by atoms with E-state index in [9.17, 15) is 18.6 Å². The highest BCUT2D eigenvalue weighted by molar-refractivity contribution is 7.89. The summed E-state index contributed by atoms with van der Waals surface area (Å²) in [6, 6.07) is 6.33.